The van der Waals surface area contributed by atoms with Crippen LogP contribution in [0.4, 0.5) is 11.6 Å². The van der Waals surface area contributed by atoms with Gasteiger partial charge in [0.2, 0.25) is 11.6 Å². The average molecular weight is 226 g/mol. The number of rotatable bonds is 3. The molecule has 7 heteroatoms. The topological polar surface area (TPSA) is 84.3 Å². The van der Waals surface area contributed by atoms with E-state index in [1.165, 1.54) is 0 Å². The largest absolute Gasteiger partial charge is 0.406 e. The summed E-state index contributed by atoms with van der Waals surface area (Å²) in [5.74, 6) is 1.07. The van der Waals surface area contributed by atoms with E-state index in [1.54, 1.807) is 0 Å². The lowest BCUT2D eigenvalue weighted by Crippen LogP contribution is -2.36. The number of nitrogens with one attached hydrogen (secondary N) is 1. The molecule has 0 aromatic carbocycles. The van der Waals surface area contributed by atoms with E-state index in [0.717, 1.165) is 0 Å². The summed E-state index contributed by atoms with van der Waals surface area (Å²) in [6.07, 6.45) is 0.658. The van der Waals surface area contributed by atoms with Gasteiger partial charge < -0.3 is 24.7 Å². The van der Waals surface area contributed by atoms with Crippen LogP contribution in [0.15, 0.2) is 0 Å². The van der Waals surface area contributed by atoms with Crippen molar-refractivity contribution >= 4 is 11.6 Å². The third kappa shape index (κ3) is 1.99. The van der Waals surface area contributed by atoms with Crippen LogP contribution in [0.25, 0.3) is 0 Å². The number of ether oxygens (including phenoxy) is 1. The summed E-state index contributed by atoms with van der Waals surface area (Å²) in [4.78, 5) is 19.3. The Morgan fingerprint density at radius 2 is 2.25 bits per heavy atom. The molecule has 1 saturated heterocycles. The molecule has 1 aliphatic rings. The van der Waals surface area contributed by atoms with E-state index in [2.05, 4.69) is 9.97 Å². The second-order valence-electron chi connectivity index (χ2n) is 3.57. The van der Waals surface area contributed by atoms with Gasteiger partial charge in [0.1, 0.15) is 0 Å². The van der Waals surface area contributed by atoms with Crippen molar-refractivity contribution in [3.8, 4) is 0 Å². The fourth-order valence-electron chi connectivity index (χ4n) is 1.70. The Hall–Kier alpha value is -1.63. The average Bonchev–Trinajstić information content (AvgIpc) is 2.74. The molecule has 0 aliphatic carbocycles. The van der Waals surface area contributed by atoms with Gasteiger partial charge in [-0.3, -0.25) is 0 Å². The van der Waals surface area contributed by atoms with Crippen LogP contribution in [0, 0.1) is 10.1 Å². The molecule has 0 radical (unpaired) electrons. The van der Waals surface area contributed by atoms with Gasteiger partial charge in [0.05, 0.1) is 13.2 Å². The van der Waals surface area contributed by atoms with E-state index < -0.39 is 4.92 Å². The molecule has 0 saturated carbocycles. The van der Waals surface area contributed by atoms with Crippen LogP contribution in [0.1, 0.15) is 12.7 Å². The van der Waals surface area contributed by atoms with E-state index in [-0.39, 0.29) is 5.82 Å². The Bertz CT molecular complexity index is 384. The molecule has 0 bridgehead atoms. The van der Waals surface area contributed by atoms with Crippen LogP contribution < -0.4 is 4.90 Å². The van der Waals surface area contributed by atoms with Crippen LogP contribution in [0.2, 0.25) is 0 Å². The Morgan fingerprint density at radius 1 is 1.56 bits per heavy atom. The maximum Gasteiger partial charge on any atom is 0.406 e. The molecule has 1 fully saturated rings. The summed E-state index contributed by atoms with van der Waals surface area (Å²) >= 11 is 0. The third-order valence-corrected chi connectivity index (χ3v) is 2.55. The van der Waals surface area contributed by atoms with Gasteiger partial charge in [-0.2, -0.15) is 0 Å². The van der Waals surface area contributed by atoms with Crippen molar-refractivity contribution in [1.82, 2.24) is 9.97 Å². The molecule has 88 valence electrons. The van der Waals surface area contributed by atoms with Crippen LogP contribution in [-0.4, -0.2) is 41.2 Å². The minimum absolute atomic E-state index is 0.0845. The zero-order valence-electron chi connectivity index (χ0n) is 9.10. The molecule has 2 rings (SSSR count). The second kappa shape index (κ2) is 4.48. The first-order chi connectivity index (χ1) is 7.72. The monoisotopic (exact) mass is 226 g/mol. The third-order valence-electron chi connectivity index (χ3n) is 2.55. The summed E-state index contributed by atoms with van der Waals surface area (Å²) in [6.45, 7) is 4.42. The first kappa shape index (κ1) is 10.9. The van der Waals surface area contributed by atoms with Crippen LogP contribution in [-0.2, 0) is 11.2 Å². The van der Waals surface area contributed by atoms with Crippen molar-refractivity contribution in [1.29, 1.82) is 0 Å². The molecule has 0 amide bonds. The predicted molar refractivity (Wildman–Crippen MR) is 57.7 cm³/mol. The minimum atomic E-state index is -0.444. The highest BCUT2D eigenvalue weighted by Gasteiger charge is 2.26. The lowest BCUT2D eigenvalue weighted by molar-refractivity contribution is -0.388. The molecule has 0 atom stereocenters. The van der Waals surface area contributed by atoms with E-state index >= 15 is 0 Å². The molecule has 1 aromatic heterocycles. The van der Waals surface area contributed by atoms with Crippen molar-refractivity contribution in [3.63, 3.8) is 0 Å². The molecule has 0 spiro atoms. The summed E-state index contributed by atoms with van der Waals surface area (Å²) in [5.41, 5.74) is 0. The maximum absolute atomic E-state index is 10.9. The number of hydrogen-bond donors (Lipinski definition) is 1. The number of nitro groups is 1. The van der Waals surface area contributed by atoms with Crippen molar-refractivity contribution in [2.75, 3.05) is 31.2 Å². The number of anilines is 1. The molecule has 0 unspecified atom stereocenters. The lowest BCUT2D eigenvalue weighted by atomic mass is 10.4. The molecular formula is C9H14N4O3. The van der Waals surface area contributed by atoms with Crippen molar-refractivity contribution in [2.24, 2.45) is 0 Å². The smallest absolute Gasteiger partial charge is 0.378 e. The summed E-state index contributed by atoms with van der Waals surface area (Å²) in [6, 6.07) is 0. The number of aromatic nitrogens is 2. The zero-order valence-corrected chi connectivity index (χ0v) is 9.10. The van der Waals surface area contributed by atoms with Gasteiger partial charge in [-0.25, -0.2) is 0 Å². The summed E-state index contributed by atoms with van der Waals surface area (Å²) in [7, 11) is 0. The first-order valence-electron chi connectivity index (χ1n) is 5.28. The Labute approximate surface area is 92.6 Å². The van der Waals surface area contributed by atoms with Crippen molar-refractivity contribution in [3.05, 3.63) is 15.9 Å². The minimum Gasteiger partial charge on any atom is -0.378 e. The van der Waals surface area contributed by atoms with Gasteiger partial charge in [0, 0.05) is 19.5 Å². The van der Waals surface area contributed by atoms with Gasteiger partial charge in [0.25, 0.3) is 0 Å². The fourth-order valence-corrected chi connectivity index (χ4v) is 1.70. The molecule has 1 aromatic rings. The molecule has 7 nitrogen and oxygen atoms in total. The van der Waals surface area contributed by atoms with E-state index in [1.807, 2.05) is 11.8 Å². The molecule has 1 aliphatic heterocycles. The quantitative estimate of drug-likeness (QED) is 0.606. The predicted octanol–water partition coefficient (Wildman–Crippen LogP) is 0.717. The highest BCUT2D eigenvalue weighted by molar-refractivity contribution is 5.54. The van der Waals surface area contributed by atoms with Gasteiger partial charge >= 0.3 is 5.82 Å². The van der Waals surface area contributed by atoms with Crippen molar-refractivity contribution in [2.45, 2.75) is 13.3 Å². The Morgan fingerprint density at radius 3 is 2.81 bits per heavy atom. The number of hydrogen-bond acceptors (Lipinski definition) is 5. The summed E-state index contributed by atoms with van der Waals surface area (Å²) < 4.78 is 5.21. The molecule has 2 heterocycles. The number of H-pyrrole nitrogens is 1. The molecular weight excluding hydrogens is 212 g/mol. The van der Waals surface area contributed by atoms with Gasteiger partial charge in [-0.1, -0.05) is 6.92 Å². The highest BCUT2D eigenvalue weighted by atomic mass is 16.6. The number of imidazole rings is 1. The van der Waals surface area contributed by atoms with E-state index in [4.69, 9.17) is 4.74 Å². The van der Waals surface area contributed by atoms with Gasteiger partial charge in [-0.15, -0.1) is 0 Å². The van der Waals surface area contributed by atoms with Gasteiger partial charge in [0.15, 0.2) is 0 Å². The van der Waals surface area contributed by atoms with E-state index in [9.17, 15) is 10.1 Å². The Kier molecular flexibility index (Phi) is 3.04. The van der Waals surface area contributed by atoms with E-state index in [0.29, 0.717) is 44.4 Å². The fraction of sp³-hybridized carbons (Fsp3) is 0.667. The number of nitrogens with zero attached hydrogens (tertiary/aromatic N) is 3. The first-order valence-corrected chi connectivity index (χ1v) is 5.28. The number of aryl methyl sites for hydroxylation is 1. The zero-order chi connectivity index (χ0) is 11.5. The van der Waals surface area contributed by atoms with Crippen molar-refractivity contribution < 1.29 is 9.66 Å². The maximum atomic E-state index is 10.9. The normalized spacial score (nSPS) is 16.4. The second-order valence-corrected chi connectivity index (χ2v) is 3.57. The lowest BCUT2D eigenvalue weighted by Gasteiger charge is -2.26. The van der Waals surface area contributed by atoms with Crippen LogP contribution in [0.5, 0.6) is 0 Å². The van der Waals surface area contributed by atoms with Crippen LogP contribution in [0.3, 0.4) is 0 Å². The number of morpholine rings is 1. The highest BCUT2D eigenvalue weighted by Crippen LogP contribution is 2.25. The standard InChI is InChI=1S/C9H14N4O3/c1-2-7-10-8(9(11-7)13(14)15)12-3-5-16-6-4-12/h2-6H2,1H3,(H,10,11). The molecule has 16 heavy (non-hydrogen) atoms. The van der Waals surface area contributed by atoms with Gasteiger partial charge in [-0.05, 0) is 9.91 Å². The Balaban J connectivity index is 2.29. The SMILES string of the molecule is CCc1nc([N+](=O)[O-])c(N2CCOCC2)[nH]1. The summed E-state index contributed by atoms with van der Waals surface area (Å²) in [5, 5.41) is 10.9. The molecule has 1 N–H and O–H groups in total. The van der Waals surface area contributed by atoms with Crippen LogP contribution >= 0.6 is 0 Å². The number of aromatic amines is 1.